The first-order chi connectivity index (χ1) is 12.9. The number of hydrogen-bond acceptors (Lipinski definition) is 5. The third-order valence-corrected chi connectivity index (χ3v) is 4.91. The lowest BCUT2D eigenvalue weighted by Crippen LogP contribution is -2.48. The van der Waals surface area contributed by atoms with Crippen LogP contribution in [0.5, 0.6) is 0 Å². The average molecular weight is 374 g/mol. The second-order valence-corrected chi connectivity index (χ2v) is 6.92. The molecule has 1 saturated heterocycles. The molecule has 0 radical (unpaired) electrons. The Labute approximate surface area is 155 Å². The summed E-state index contributed by atoms with van der Waals surface area (Å²) in [5.74, 6) is -1.62. The number of carboxylic acids is 1. The number of piperidine rings is 1. The summed E-state index contributed by atoms with van der Waals surface area (Å²) in [4.78, 5) is 47.8. The highest BCUT2D eigenvalue weighted by Crippen LogP contribution is 2.34. The van der Waals surface area contributed by atoms with Crippen LogP contribution in [-0.2, 0) is 20.9 Å². The minimum Gasteiger partial charge on any atom is -0.478 e. The summed E-state index contributed by atoms with van der Waals surface area (Å²) < 4.78 is 1.86. The number of nitrogens with zero attached hydrogens (tertiary/aromatic N) is 2. The van der Waals surface area contributed by atoms with Crippen molar-refractivity contribution in [2.75, 3.05) is 19.6 Å². The van der Waals surface area contributed by atoms with E-state index in [1.165, 1.54) is 0 Å². The molecule has 27 heavy (non-hydrogen) atoms. The summed E-state index contributed by atoms with van der Waals surface area (Å²) in [6.07, 6.45) is 2.78. The largest absolute Gasteiger partial charge is 0.478 e. The van der Waals surface area contributed by atoms with Crippen LogP contribution in [0.2, 0.25) is 0 Å². The molecule has 3 rings (SSSR count). The van der Waals surface area contributed by atoms with Gasteiger partial charge in [0.2, 0.25) is 5.91 Å². The molecule has 1 aromatic rings. The van der Waals surface area contributed by atoms with Crippen LogP contribution in [-0.4, -0.2) is 52.0 Å². The molecule has 0 aromatic carbocycles. The van der Waals surface area contributed by atoms with E-state index in [0.29, 0.717) is 25.1 Å². The summed E-state index contributed by atoms with van der Waals surface area (Å²) >= 11 is 0. The zero-order valence-electron chi connectivity index (χ0n) is 14.8. The standard InChI is InChI=1S/C18H22N4O5/c23-15(4-5-18(26)27)19-20-16(24)6-7-21-9-12-8-13(11-21)14-2-1-3-17(25)22(14)10-12/h1-5,12-13H,6-11H2,(H,19,23)(H,20,24)(H,26,27)/b5-4-. The normalized spacial score (nSPS) is 21.5. The number of likely N-dealkylation sites (tertiary alicyclic amines) is 1. The molecule has 2 aliphatic heterocycles. The van der Waals surface area contributed by atoms with Gasteiger partial charge in [0.25, 0.3) is 11.5 Å². The van der Waals surface area contributed by atoms with E-state index in [-0.39, 0.29) is 23.8 Å². The number of hydrogen-bond donors (Lipinski definition) is 3. The van der Waals surface area contributed by atoms with Crippen LogP contribution in [0.3, 0.4) is 0 Å². The van der Waals surface area contributed by atoms with Gasteiger partial charge in [-0.2, -0.15) is 0 Å². The Kier molecular flexibility index (Phi) is 5.70. The lowest BCUT2D eigenvalue weighted by Gasteiger charge is -2.42. The summed E-state index contributed by atoms with van der Waals surface area (Å²) in [5, 5.41) is 8.43. The number of amides is 2. The van der Waals surface area contributed by atoms with Gasteiger partial charge in [-0.05, 0) is 18.4 Å². The van der Waals surface area contributed by atoms with E-state index in [9.17, 15) is 19.2 Å². The van der Waals surface area contributed by atoms with E-state index in [4.69, 9.17) is 5.11 Å². The van der Waals surface area contributed by atoms with Crippen molar-refractivity contribution in [3.05, 3.63) is 46.4 Å². The summed E-state index contributed by atoms with van der Waals surface area (Å²) in [7, 11) is 0. The Morgan fingerprint density at radius 3 is 2.74 bits per heavy atom. The molecule has 9 heteroatoms. The monoisotopic (exact) mass is 374 g/mol. The number of carbonyl (C=O) groups excluding carboxylic acids is 2. The quantitative estimate of drug-likeness (QED) is 0.470. The molecule has 2 atom stereocenters. The highest BCUT2D eigenvalue weighted by molar-refractivity contribution is 5.94. The SMILES string of the molecule is O=C(O)/C=C\C(=O)NNC(=O)CCN1CC2CC(C1)c1cccc(=O)n1C2. The predicted octanol–water partition coefficient (Wildman–Crippen LogP) is -0.554. The summed E-state index contributed by atoms with van der Waals surface area (Å²) in [6.45, 7) is 2.89. The predicted molar refractivity (Wildman–Crippen MR) is 95.7 cm³/mol. The minimum absolute atomic E-state index is 0.0442. The minimum atomic E-state index is -1.24. The van der Waals surface area contributed by atoms with Gasteiger partial charge < -0.3 is 14.6 Å². The van der Waals surface area contributed by atoms with Crippen LogP contribution in [0.1, 0.15) is 24.5 Å². The first-order valence-corrected chi connectivity index (χ1v) is 8.84. The highest BCUT2D eigenvalue weighted by atomic mass is 16.4. The van der Waals surface area contributed by atoms with Gasteiger partial charge in [-0.25, -0.2) is 4.79 Å². The average Bonchev–Trinajstić information content (AvgIpc) is 2.64. The number of aliphatic carboxylic acids is 1. The third-order valence-electron chi connectivity index (χ3n) is 4.91. The van der Waals surface area contributed by atoms with Gasteiger partial charge in [0, 0.05) is 62.4 Å². The fourth-order valence-electron chi connectivity index (χ4n) is 3.82. The van der Waals surface area contributed by atoms with E-state index in [2.05, 4.69) is 15.8 Å². The number of aromatic nitrogens is 1. The smallest absolute Gasteiger partial charge is 0.328 e. The first kappa shape index (κ1) is 18.8. The van der Waals surface area contributed by atoms with Crippen LogP contribution >= 0.6 is 0 Å². The molecule has 3 N–H and O–H groups in total. The van der Waals surface area contributed by atoms with Crippen molar-refractivity contribution in [2.24, 2.45) is 5.92 Å². The zero-order chi connectivity index (χ0) is 19.4. The van der Waals surface area contributed by atoms with Crippen molar-refractivity contribution in [1.29, 1.82) is 0 Å². The Hall–Kier alpha value is -2.94. The Bertz CT molecular complexity index is 831. The number of nitrogens with one attached hydrogen (secondary N) is 2. The van der Waals surface area contributed by atoms with Gasteiger partial charge >= 0.3 is 5.97 Å². The molecule has 2 amide bonds. The van der Waals surface area contributed by atoms with Crippen molar-refractivity contribution < 1.29 is 19.5 Å². The van der Waals surface area contributed by atoms with Crippen molar-refractivity contribution >= 4 is 17.8 Å². The molecule has 1 aromatic heterocycles. The maximum Gasteiger partial charge on any atom is 0.328 e. The number of carboxylic acid groups (broad SMARTS) is 1. The Balaban J connectivity index is 1.48. The van der Waals surface area contributed by atoms with Gasteiger partial charge in [-0.15, -0.1) is 0 Å². The van der Waals surface area contributed by atoms with E-state index < -0.39 is 11.9 Å². The molecule has 1 fully saturated rings. The lowest BCUT2D eigenvalue weighted by atomic mass is 9.83. The second kappa shape index (κ2) is 8.17. The zero-order valence-corrected chi connectivity index (χ0v) is 14.8. The van der Waals surface area contributed by atoms with E-state index in [1.807, 2.05) is 10.6 Å². The van der Waals surface area contributed by atoms with Crippen LogP contribution in [0, 0.1) is 5.92 Å². The van der Waals surface area contributed by atoms with Crippen molar-refractivity contribution in [3.63, 3.8) is 0 Å². The molecule has 0 aliphatic carbocycles. The molecule has 9 nitrogen and oxygen atoms in total. The van der Waals surface area contributed by atoms with Gasteiger partial charge in [0.15, 0.2) is 0 Å². The van der Waals surface area contributed by atoms with Gasteiger partial charge in [0.05, 0.1) is 0 Å². The summed E-state index contributed by atoms with van der Waals surface area (Å²) in [6, 6.07) is 5.38. The number of carbonyl (C=O) groups is 3. The Morgan fingerprint density at radius 2 is 1.96 bits per heavy atom. The molecule has 2 unspecified atom stereocenters. The number of hydrazine groups is 1. The molecule has 144 valence electrons. The molecule has 3 heterocycles. The van der Waals surface area contributed by atoms with E-state index >= 15 is 0 Å². The second-order valence-electron chi connectivity index (χ2n) is 6.92. The van der Waals surface area contributed by atoms with Crippen LogP contribution in [0.15, 0.2) is 35.1 Å². The number of pyridine rings is 1. The molecular formula is C18H22N4O5. The maximum atomic E-state index is 12.0. The number of rotatable bonds is 5. The first-order valence-electron chi connectivity index (χ1n) is 8.84. The summed E-state index contributed by atoms with van der Waals surface area (Å²) in [5.41, 5.74) is 5.51. The van der Waals surface area contributed by atoms with E-state index in [1.54, 1.807) is 12.1 Å². The molecular weight excluding hydrogens is 352 g/mol. The Morgan fingerprint density at radius 1 is 1.15 bits per heavy atom. The molecule has 0 spiro atoms. The third kappa shape index (κ3) is 4.82. The van der Waals surface area contributed by atoms with Gasteiger partial charge in [-0.1, -0.05) is 6.07 Å². The highest BCUT2D eigenvalue weighted by Gasteiger charge is 2.34. The van der Waals surface area contributed by atoms with Crippen LogP contribution in [0.25, 0.3) is 0 Å². The lowest BCUT2D eigenvalue weighted by molar-refractivity contribution is -0.131. The van der Waals surface area contributed by atoms with Crippen molar-refractivity contribution in [3.8, 4) is 0 Å². The fraction of sp³-hybridized carbons (Fsp3) is 0.444. The molecule has 2 bridgehead atoms. The van der Waals surface area contributed by atoms with Crippen LogP contribution in [0.4, 0.5) is 0 Å². The van der Waals surface area contributed by atoms with Crippen molar-refractivity contribution in [1.82, 2.24) is 20.3 Å². The van der Waals surface area contributed by atoms with Gasteiger partial charge in [-0.3, -0.25) is 25.2 Å². The number of fused-ring (bicyclic) bond motifs is 4. The molecule has 2 aliphatic rings. The maximum absolute atomic E-state index is 12.0. The van der Waals surface area contributed by atoms with Crippen LogP contribution < -0.4 is 16.4 Å². The van der Waals surface area contributed by atoms with E-state index in [0.717, 1.165) is 31.3 Å². The van der Waals surface area contributed by atoms with Crippen molar-refractivity contribution in [2.45, 2.75) is 25.3 Å². The fourth-order valence-corrected chi connectivity index (χ4v) is 3.82. The topological polar surface area (TPSA) is 121 Å². The molecule has 0 saturated carbocycles. The van der Waals surface area contributed by atoms with Gasteiger partial charge in [0.1, 0.15) is 0 Å².